The monoisotopic (exact) mass is 292 g/mol. The number of rotatable bonds is 6. The van der Waals surface area contributed by atoms with Crippen LogP contribution in [0.25, 0.3) is 11.1 Å². The maximum Gasteiger partial charge on any atom is 0.288 e. The Bertz CT molecular complexity index is 518. The molecule has 0 fully saturated rings. The summed E-state index contributed by atoms with van der Waals surface area (Å²) in [4.78, 5) is 0.600. The van der Waals surface area contributed by atoms with Crippen LogP contribution in [-0.4, -0.2) is 5.76 Å². The van der Waals surface area contributed by atoms with E-state index in [0.29, 0.717) is 16.7 Å². The molecule has 2 aromatic carbocycles. The van der Waals surface area contributed by atoms with E-state index in [1.54, 1.807) is 12.1 Å². The lowest BCUT2D eigenvalue weighted by Gasteiger charge is -2.06. The number of unbranched alkanes of at least 4 members (excludes halogenated alkanes) is 1. The van der Waals surface area contributed by atoms with Crippen LogP contribution in [-0.2, 0) is 6.42 Å². The van der Waals surface area contributed by atoms with E-state index >= 15 is 0 Å². The molecular formula is C17H18F2S. The highest BCUT2D eigenvalue weighted by Gasteiger charge is 2.05. The van der Waals surface area contributed by atoms with Gasteiger partial charge < -0.3 is 0 Å². The number of aryl methyl sites for hydroxylation is 1. The highest BCUT2D eigenvalue weighted by molar-refractivity contribution is 7.99. The van der Waals surface area contributed by atoms with Gasteiger partial charge in [0.05, 0.1) is 0 Å². The lowest BCUT2D eigenvalue weighted by Crippen LogP contribution is -1.85. The Morgan fingerprint density at radius 2 is 1.45 bits per heavy atom. The molecule has 2 aromatic rings. The van der Waals surface area contributed by atoms with E-state index in [9.17, 15) is 8.78 Å². The van der Waals surface area contributed by atoms with Gasteiger partial charge >= 0.3 is 0 Å². The first-order valence-corrected chi connectivity index (χ1v) is 7.71. The first kappa shape index (κ1) is 15.0. The van der Waals surface area contributed by atoms with Crippen molar-refractivity contribution in [2.45, 2.75) is 36.8 Å². The molecule has 0 N–H and O–H groups in total. The number of hydrogen-bond donors (Lipinski definition) is 0. The topological polar surface area (TPSA) is 0 Å². The van der Waals surface area contributed by atoms with Crippen molar-refractivity contribution in [3.8, 4) is 11.1 Å². The molecule has 0 aliphatic heterocycles. The zero-order valence-corrected chi connectivity index (χ0v) is 12.3. The van der Waals surface area contributed by atoms with Gasteiger partial charge in [0.15, 0.2) is 0 Å². The van der Waals surface area contributed by atoms with Gasteiger partial charge in [-0.25, -0.2) is 0 Å². The highest BCUT2D eigenvalue weighted by atomic mass is 32.2. The van der Waals surface area contributed by atoms with E-state index < -0.39 is 5.76 Å². The number of halogens is 2. The fourth-order valence-corrected chi connectivity index (χ4v) is 2.57. The summed E-state index contributed by atoms with van der Waals surface area (Å²) in [6, 6.07) is 15.8. The fraction of sp³-hybridized carbons (Fsp3) is 0.294. The minimum Gasteiger partial charge on any atom is -0.198 e. The molecule has 2 rings (SSSR count). The quantitative estimate of drug-likeness (QED) is 0.587. The number of benzene rings is 2. The normalized spacial score (nSPS) is 11.0. The Morgan fingerprint density at radius 1 is 0.900 bits per heavy atom. The zero-order chi connectivity index (χ0) is 14.4. The van der Waals surface area contributed by atoms with E-state index in [2.05, 4.69) is 31.2 Å². The van der Waals surface area contributed by atoms with E-state index in [1.165, 1.54) is 18.4 Å². The van der Waals surface area contributed by atoms with Crippen molar-refractivity contribution < 1.29 is 8.78 Å². The summed E-state index contributed by atoms with van der Waals surface area (Å²) in [7, 11) is 0. The number of hydrogen-bond acceptors (Lipinski definition) is 1. The Balaban J connectivity index is 2.07. The van der Waals surface area contributed by atoms with Gasteiger partial charge in [-0.1, -0.05) is 61.5 Å². The summed E-state index contributed by atoms with van der Waals surface area (Å²) in [6.07, 6.45) is 3.52. The molecule has 0 nitrogen and oxygen atoms in total. The molecule has 0 aromatic heterocycles. The van der Waals surface area contributed by atoms with Crippen molar-refractivity contribution in [3.63, 3.8) is 0 Å². The third-order valence-electron chi connectivity index (χ3n) is 3.19. The van der Waals surface area contributed by atoms with Crippen molar-refractivity contribution in [1.29, 1.82) is 0 Å². The Morgan fingerprint density at radius 3 is 1.95 bits per heavy atom. The minimum absolute atomic E-state index is 0.581. The van der Waals surface area contributed by atoms with Crippen LogP contribution >= 0.6 is 11.8 Å². The second-order valence-corrected chi connectivity index (χ2v) is 5.77. The largest absolute Gasteiger partial charge is 0.288 e. The van der Waals surface area contributed by atoms with Crippen LogP contribution in [0.3, 0.4) is 0 Å². The van der Waals surface area contributed by atoms with Crippen molar-refractivity contribution in [1.82, 2.24) is 0 Å². The van der Waals surface area contributed by atoms with Gasteiger partial charge in [-0.05, 0) is 41.7 Å². The molecule has 0 radical (unpaired) electrons. The Kier molecular flexibility index (Phi) is 5.60. The Labute approximate surface area is 123 Å². The predicted octanol–water partition coefficient (Wildman–Crippen LogP) is 6.01. The van der Waals surface area contributed by atoms with Crippen LogP contribution in [0.4, 0.5) is 8.78 Å². The van der Waals surface area contributed by atoms with Crippen molar-refractivity contribution in [2.24, 2.45) is 0 Å². The first-order chi connectivity index (χ1) is 9.69. The molecule has 106 valence electrons. The molecule has 0 spiro atoms. The van der Waals surface area contributed by atoms with Crippen LogP contribution in [0.2, 0.25) is 0 Å². The van der Waals surface area contributed by atoms with Gasteiger partial charge in [0.1, 0.15) is 0 Å². The summed E-state index contributed by atoms with van der Waals surface area (Å²) in [5.41, 5.74) is 3.53. The smallest absolute Gasteiger partial charge is 0.198 e. The van der Waals surface area contributed by atoms with E-state index in [4.69, 9.17) is 0 Å². The highest BCUT2D eigenvalue weighted by Crippen LogP contribution is 2.28. The van der Waals surface area contributed by atoms with Crippen LogP contribution in [0, 0.1) is 0 Å². The summed E-state index contributed by atoms with van der Waals surface area (Å²) < 4.78 is 24.5. The fourth-order valence-electron chi connectivity index (χ4n) is 2.07. The third kappa shape index (κ3) is 4.34. The summed E-state index contributed by atoms with van der Waals surface area (Å²) >= 11 is 0.581. The van der Waals surface area contributed by atoms with Crippen LogP contribution in [0.5, 0.6) is 0 Å². The van der Waals surface area contributed by atoms with Gasteiger partial charge in [0, 0.05) is 4.90 Å². The van der Waals surface area contributed by atoms with Crippen LogP contribution in [0.15, 0.2) is 53.4 Å². The maximum atomic E-state index is 12.3. The van der Waals surface area contributed by atoms with Crippen molar-refractivity contribution in [2.75, 3.05) is 0 Å². The number of alkyl halides is 2. The molecule has 0 bridgehead atoms. The summed E-state index contributed by atoms with van der Waals surface area (Å²) in [6.45, 7) is 2.19. The summed E-state index contributed by atoms with van der Waals surface area (Å²) in [5.74, 6) is -2.36. The molecule has 0 saturated carbocycles. The molecule has 0 aliphatic carbocycles. The predicted molar refractivity (Wildman–Crippen MR) is 82.4 cm³/mol. The summed E-state index contributed by atoms with van der Waals surface area (Å²) in [5, 5.41) is 0. The zero-order valence-electron chi connectivity index (χ0n) is 11.5. The average molecular weight is 292 g/mol. The van der Waals surface area contributed by atoms with Crippen LogP contribution in [0.1, 0.15) is 25.3 Å². The second kappa shape index (κ2) is 7.44. The molecule has 0 atom stereocenters. The lowest BCUT2D eigenvalue weighted by atomic mass is 10.0. The van der Waals surface area contributed by atoms with Crippen LogP contribution < -0.4 is 0 Å². The van der Waals surface area contributed by atoms with Crippen molar-refractivity contribution in [3.05, 3.63) is 54.1 Å². The Hall–Kier alpha value is -1.35. The van der Waals surface area contributed by atoms with E-state index in [-0.39, 0.29) is 0 Å². The molecule has 0 amide bonds. The van der Waals surface area contributed by atoms with Gasteiger partial charge in [0.2, 0.25) is 0 Å². The average Bonchev–Trinajstić information content (AvgIpc) is 2.46. The molecule has 0 unspecified atom stereocenters. The third-order valence-corrected chi connectivity index (χ3v) is 3.91. The van der Waals surface area contributed by atoms with Crippen molar-refractivity contribution >= 4 is 11.8 Å². The lowest BCUT2D eigenvalue weighted by molar-refractivity contribution is 0.252. The van der Waals surface area contributed by atoms with Gasteiger partial charge in [-0.3, -0.25) is 0 Å². The van der Waals surface area contributed by atoms with E-state index in [1.807, 2.05) is 12.1 Å². The first-order valence-electron chi connectivity index (χ1n) is 6.83. The molecule has 3 heteroatoms. The standard InChI is InChI=1S/C17H18F2S/c1-2-3-4-13-5-7-14(8-6-13)15-9-11-16(12-10-15)20-17(18)19/h5-12,17H,2-4H2,1H3. The minimum atomic E-state index is -2.36. The second-order valence-electron chi connectivity index (χ2n) is 4.70. The SMILES string of the molecule is CCCCc1ccc(-c2ccc(SC(F)F)cc2)cc1. The van der Waals surface area contributed by atoms with Gasteiger partial charge in [0.25, 0.3) is 5.76 Å². The molecule has 20 heavy (non-hydrogen) atoms. The van der Waals surface area contributed by atoms with Gasteiger partial charge in [-0.2, -0.15) is 8.78 Å². The number of thioether (sulfide) groups is 1. The van der Waals surface area contributed by atoms with E-state index in [0.717, 1.165) is 17.5 Å². The molecule has 0 heterocycles. The van der Waals surface area contributed by atoms with Gasteiger partial charge in [-0.15, -0.1) is 0 Å². The maximum absolute atomic E-state index is 12.3. The molecular weight excluding hydrogens is 274 g/mol. The molecule has 0 aliphatic rings. The molecule has 0 saturated heterocycles.